The molecule has 0 bridgehead atoms. The van der Waals surface area contributed by atoms with E-state index < -0.39 is 27.5 Å². The van der Waals surface area contributed by atoms with Gasteiger partial charge in [-0.1, -0.05) is 24.3 Å². The lowest BCUT2D eigenvalue weighted by molar-refractivity contribution is -0.137. The highest BCUT2D eigenvalue weighted by molar-refractivity contribution is 7.90. The predicted octanol–water partition coefficient (Wildman–Crippen LogP) is 4.35. The summed E-state index contributed by atoms with van der Waals surface area (Å²) in [5.74, 6) is -0.594. The number of carbonyl (C=O) groups excluding carboxylic acids is 1. The molecule has 9 heteroatoms. The second-order valence-corrected chi connectivity index (χ2v) is 8.99. The highest BCUT2D eigenvalue weighted by Crippen LogP contribution is 2.30. The number of halogens is 3. The zero-order valence-corrected chi connectivity index (χ0v) is 17.3. The standard InChI is InChI=1S/C22H19F3N2O3S/c1-31(29,30)20-10-8-16(9-11-20)14-27(15-19-7-2-3-12-26-19)21(28)17-5-4-6-18(13-17)22(23,24)25/h2-13H,14-15H2,1H3. The fourth-order valence-corrected chi connectivity index (χ4v) is 3.59. The second kappa shape index (κ2) is 8.89. The maximum absolute atomic E-state index is 13.1. The highest BCUT2D eigenvalue weighted by Gasteiger charge is 2.31. The van der Waals surface area contributed by atoms with E-state index in [0.717, 1.165) is 18.4 Å². The van der Waals surface area contributed by atoms with Crippen molar-refractivity contribution in [2.24, 2.45) is 0 Å². The third-order valence-electron chi connectivity index (χ3n) is 4.53. The van der Waals surface area contributed by atoms with Gasteiger partial charge in [-0.15, -0.1) is 0 Å². The van der Waals surface area contributed by atoms with Crippen LogP contribution >= 0.6 is 0 Å². The molecule has 2 aromatic carbocycles. The molecule has 0 spiro atoms. The van der Waals surface area contributed by atoms with Gasteiger partial charge in [-0.2, -0.15) is 13.2 Å². The van der Waals surface area contributed by atoms with Crippen molar-refractivity contribution in [1.29, 1.82) is 0 Å². The molecular weight excluding hydrogens is 429 g/mol. The summed E-state index contributed by atoms with van der Waals surface area (Å²) >= 11 is 0. The van der Waals surface area contributed by atoms with E-state index in [2.05, 4.69) is 4.98 Å². The van der Waals surface area contributed by atoms with E-state index in [1.54, 1.807) is 36.5 Å². The first-order valence-corrected chi connectivity index (χ1v) is 11.1. The average Bonchev–Trinajstić information content (AvgIpc) is 2.73. The number of rotatable bonds is 6. The van der Waals surface area contributed by atoms with Crippen molar-refractivity contribution < 1.29 is 26.4 Å². The van der Waals surface area contributed by atoms with Crippen molar-refractivity contribution in [3.05, 3.63) is 95.3 Å². The Morgan fingerprint density at radius 3 is 2.26 bits per heavy atom. The molecule has 1 heterocycles. The van der Waals surface area contributed by atoms with Crippen LogP contribution in [0.15, 0.2) is 77.8 Å². The van der Waals surface area contributed by atoms with E-state index in [-0.39, 0.29) is 23.5 Å². The predicted molar refractivity (Wildman–Crippen MR) is 109 cm³/mol. The molecule has 0 aliphatic rings. The summed E-state index contributed by atoms with van der Waals surface area (Å²) in [5.41, 5.74) is 0.186. The molecule has 0 saturated heterocycles. The van der Waals surface area contributed by atoms with Crippen LogP contribution in [0.4, 0.5) is 13.2 Å². The van der Waals surface area contributed by atoms with E-state index in [9.17, 15) is 26.4 Å². The number of pyridine rings is 1. The topological polar surface area (TPSA) is 67.3 Å². The van der Waals surface area contributed by atoms with Gasteiger partial charge in [0.05, 0.1) is 22.7 Å². The molecule has 1 aromatic heterocycles. The van der Waals surface area contributed by atoms with Crippen LogP contribution in [0.25, 0.3) is 0 Å². The summed E-state index contributed by atoms with van der Waals surface area (Å²) < 4.78 is 62.5. The fraction of sp³-hybridized carbons (Fsp3) is 0.182. The third-order valence-corrected chi connectivity index (χ3v) is 5.66. The Morgan fingerprint density at radius 1 is 0.968 bits per heavy atom. The lowest BCUT2D eigenvalue weighted by Gasteiger charge is -2.23. The molecular formula is C22H19F3N2O3S. The summed E-state index contributed by atoms with van der Waals surface area (Å²) in [5, 5.41) is 0. The lowest BCUT2D eigenvalue weighted by atomic mass is 10.1. The Morgan fingerprint density at radius 2 is 1.68 bits per heavy atom. The molecule has 0 radical (unpaired) electrons. The van der Waals surface area contributed by atoms with Crippen LogP contribution in [0.1, 0.15) is 27.2 Å². The summed E-state index contributed by atoms with van der Waals surface area (Å²) in [6.45, 7) is 0.138. The molecule has 0 fully saturated rings. The maximum atomic E-state index is 13.1. The Balaban J connectivity index is 1.92. The van der Waals surface area contributed by atoms with E-state index in [1.165, 1.54) is 29.2 Å². The van der Waals surface area contributed by atoms with Gasteiger partial charge in [-0.25, -0.2) is 8.42 Å². The molecule has 0 aliphatic heterocycles. The molecule has 3 aromatic rings. The quantitative estimate of drug-likeness (QED) is 0.563. The van der Waals surface area contributed by atoms with Gasteiger partial charge in [0.1, 0.15) is 0 Å². The van der Waals surface area contributed by atoms with Gasteiger partial charge in [0, 0.05) is 24.6 Å². The summed E-state index contributed by atoms with van der Waals surface area (Å²) in [4.78, 5) is 18.8. The van der Waals surface area contributed by atoms with E-state index in [4.69, 9.17) is 0 Å². The third kappa shape index (κ3) is 5.91. The smallest absolute Gasteiger partial charge is 0.328 e. The molecule has 3 rings (SSSR count). The minimum absolute atomic E-state index is 0.0652. The second-order valence-electron chi connectivity index (χ2n) is 6.98. The molecule has 0 saturated carbocycles. The normalized spacial score (nSPS) is 11.9. The van der Waals surface area contributed by atoms with Crippen molar-refractivity contribution in [3.63, 3.8) is 0 Å². The fourth-order valence-electron chi connectivity index (χ4n) is 2.96. The Bertz CT molecular complexity index is 1160. The van der Waals surface area contributed by atoms with Gasteiger partial charge in [-0.05, 0) is 48.0 Å². The van der Waals surface area contributed by atoms with Crippen LogP contribution in [0.2, 0.25) is 0 Å². The first kappa shape index (κ1) is 22.5. The molecule has 162 valence electrons. The molecule has 0 aliphatic carbocycles. The monoisotopic (exact) mass is 448 g/mol. The van der Waals surface area contributed by atoms with Crippen molar-refractivity contribution in [1.82, 2.24) is 9.88 Å². The largest absolute Gasteiger partial charge is 0.416 e. The number of benzene rings is 2. The van der Waals surface area contributed by atoms with Crippen LogP contribution in [0.5, 0.6) is 0 Å². The maximum Gasteiger partial charge on any atom is 0.416 e. The van der Waals surface area contributed by atoms with Gasteiger partial charge < -0.3 is 4.90 Å². The number of nitrogens with zero attached hydrogens (tertiary/aromatic N) is 2. The molecule has 0 atom stereocenters. The number of hydrogen-bond acceptors (Lipinski definition) is 4. The number of alkyl halides is 3. The number of carbonyl (C=O) groups is 1. The number of amides is 1. The summed E-state index contributed by atoms with van der Waals surface area (Å²) in [7, 11) is -3.37. The zero-order valence-electron chi connectivity index (χ0n) is 16.5. The molecule has 5 nitrogen and oxygen atoms in total. The Hall–Kier alpha value is -3.20. The summed E-state index contributed by atoms with van der Waals surface area (Å²) in [6, 6.07) is 15.4. The number of aromatic nitrogens is 1. The van der Waals surface area contributed by atoms with E-state index in [1.807, 2.05) is 0 Å². The van der Waals surface area contributed by atoms with Crippen molar-refractivity contribution in [2.75, 3.05) is 6.26 Å². The lowest BCUT2D eigenvalue weighted by Crippen LogP contribution is -2.30. The van der Waals surface area contributed by atoms with Gasteiger partial charge in [0.15, 0.2) is 9.84 Å². The number of hydrogen-bond donors (Lipinski definition) is 0. The van der Waals surface area contributed by atoms with Crippen molar-refractivity contribution in [2.45, 2.75) is 24.2 Å². The van der Waals surface area contributed by atoms with Gasteiger partial charge in [-0.3, -0.25) is 9.78 Å². The highest BCUT2D eigenvalue weighted by atomic mass is 32.2. The van der Waals surface area contributed by atoms with Crippen LogP contribution in [0, 0.1) is 0 Å². The molecule has 0 unspecified atom stereocenters. The zero-order chi connectivity index (χ0) is 22.6. The average molecular weight is 448 g/mol. The van der Waals surface area contributed by atoms with Crippen molar-refractivity contribution >= 4 is 15.7 Å². The minimum atomic E-state index is -4.57. The van der Waals surface area contributed by atoms with Crippen LogP contribution < -0.4 is 0 Å². The Kier molecular flexibility index (Phi) is 6.45. The van der Waals surface area contributed by atoms with Crippen molar-refractivity contribution in [3.8, 4) is 0 Å². The van der Waals surface area contributed by atoms with E-state index >= 15 is 0 Å². The Labute approximate surface area is 178 Å². The minimum Gasteiger partial charge on any atom is -0.328 e. The van der Waals surface area contributed by atoms with Crippen LogP contribution in [-0.2, 0) is 29.1 Å². The summed E-state index contributed by atoms with van der Waals surface area (Å²) in [6.07, 6.45) is -1.92. The first-order valence-electron chi connectivity index (χ1n) is 9.19. The van der Waals surface area contributed by atoms with Gasteiger partial charge in [0.2, 0.25) is 0 Å². The van der Waals surface area contributed by atoms with Gasteiger partial charge >= 0.3 is 6.18 Å². The molecule has 1 amide bonds. The van der Waals surface area contributed by atoms with E-state index in [0.29, 0.717) is 11.3 Å². The first-order chi connectivity index (χ1) is 14.5. The number of sulfone groups is 1. The molecule has 0 N–H and O–H groups in total. The van der Waals surface area contributed by atoms with Gasteiger partial charge in [0.25, 0.3) is 5.91 Å². The SMILES string of the molecule is CS(=O)(=O)c1ccc(CN(Cc2ccccn2)C(=O)c2cccc(C(F)(F)F)c2)cc1. The van der Waals surface area contributed by atoms with Crippen LogP contribution in [-0.4, -0.2) is 30.5 Å². The molecule has 31 heavy (non-hydrogen) atoms. The van der Waals surface area contributed by atoms with Crippen LogP contribution in [0.3, 0.4) is 0 Å².